The average Bonchev–Trinajstić information content (AvgIpc) is 2.74. The van der Waals surface area contributed by atoms with E-state index in [1.807, 2.05) is 48.6 Å². The van der Waals surface area contributed by atoms with Gasteiger partial charge < -0.3 is 15.2 Å². The molecule has 0 aromatic heterocycles. The highest BCUT2D eigenvalue weighted by molar-refractivity contribution is 6.05. The summed E-state index contributed by atoms with van der Waals surface area (Å²) in [6.45, 7) is 0. The lowest BCUT2D eigenvalue weighted by Crippen LogP contribution is -2.14. The number of benzene rings is 3. The van der Waals surface area contributed by atoms with Gasteiger partial charge in [0, 0.05) is 11.3 Å². The second kappa shape index (κ2) is 9.37. The van der Waals surface area contributed by atoms with Crippen molar-refractivity contribution in [1.29, 1.82) is 0 Å². The van der Waals surface area contributed by atoms with Crippen molar-refractivity contribution in [1.82, 2.24) is 0 Å². The van der Waals surface area contributed by atoms with E-state index < -0.39 is 5.97 Å². The van der Waals surface area contributed by atoms with Gasteiger partial charge in [0.15, 0.2) is 0 Å². The summed E-state index contributed by atoms with van der Waals surface area (Å²) in [5.74, 6) is -0.723. The maximum atomic E-state index is 12.6. The molecule has 0 bridgehead atoms. The van der Waals surface area contributed by atoms with E-state index in [0.717, 1.165) is 11.1 Å². The molecule has 0 fully saturated rings. The number of hydrogen-bond acceptors (Lipinski definition) is 3. The standard InChI is InChI=1S/C24H21NO4/c1-29-21-9-5-8-19(15-21)24(28)25-22-13-12-18(14-20(22)16-23(26)27)11-10-17-6-3-2-4-7-17/h2-15H,16H2,1H3,(H,25,28)(H,26,27). The molecule has 0 saturated carbocycles. The second-order valence-electron chi connectivity index (χ2n) is 6.42. The van der Waals surface area contributed by atoms with Gasteiger partial charge in [0.1, 0.15) is 5.75 Å². The Bertz CT molecular complexity index is 1040. The number of carbonyl (C=O) groups is 2. The highest BCUT2D eigenvalue weighted by Crippen LogP contribution is 2.22. The van der Waals surface area contributed by atoms with Gasteiger partial charge in [-0.25, -0.2) is 0 Å². The molecule has 0 saturated heterocycles. The van der Waals surface area contributed by atoms with Crippen LogP contribution in [0.25, 0.3) is 12.2 Å². The number of carboxylic acids is 1. The molecule has 0 aliphatic rings. The number of nitrogens with one attached hydrogen (secondary N) is 1. The molecular formula is C24H21NO4. The Labute approximate surface area is 169 Å². The summed E-state index contributed by atoms with van der Waals surface area (Å²) < 4.78 is 5.15. The molecule has 0 aliphatic carbocycles. The zero-order valence-corrected chi connectivity index (χ0v) is 16.0. The van der Waals surface area contributed by atoms with E-state index >= 15 is 0 Å². The topological polar surface area (TPSA) is 75.6 Å². The van der Waals surface area contributed by atoms with Crippen molar-refractivity contribution in [3.8, 4) is 5.75 Å². The van der Waals surface area contributed by atoms with Crippen LogP contribution >= 0.6 is 0 Å². The second-order valence-corrected chi connectivity index (χ2v) is 6.42. The number of amides is 1. The lowest BCUT2D eigenvalue weighted by Gasteiger charge is -2.12. The first-order valence-corrected chi connectivity index (χ1v) is 9.08. The van der Waals surface area contributed by atoms with Crippen molar-refractivity contribution in [2.75, 3.05) is 12.4 Å². The minimum Gasteiger partial charge on any atom is -0.497 e. The Hall–Kier alpha value is -3.86. The van der Waals surface area contributed by atoms with Gasteiger partial charge >= 0.3 is 5.97 Å². The third-order valence-corrected chi connectivity index (χ3v) is 4.32. The van der Waals surface area contributed by atoms with E-state index in [1.54, 1.807) is 36.4 Å². The fourth-order valence-corrected chi connectivity index (χ4v) is 2.86. The van der Waals surface area contributed by atoms with Crippen LogP contribution in [0.3, 0.4) is 0 Å². The summed E-state index contributed by atoms with van der Waals surface area (Å²) >= 11 is 0. The molecule has 29 heavy (non-hydrogen) atoms. The molecule has 0 heterocycles. The van der Waals surface area contributed by atoms with Crippen molar-refractivity contribution in [3.63, 3.8) is 0 Å². The van der Waals surface area contributed by atoms with Crippen molar-refractivity contribution in [2.45, 2.75) is 6.42 Å². The van der Waals surface area contributed by atoms with Crippen molar-refractivity contribution in [3.05, 3.63) is 95.1 Å². The molecule has 0 radical (unpaired) electrons. The lowest BCUT2D eigenvalue weighted by molar-refractivity contribution is -0.136. The van der Waals surface area contributed by atoms with Crippen molar-refractivity contribution < 1.29 is 19.4 Å². The zero-order valence-electron chi connectivity index (χ0n) is 16.0. The quantitative estimate of drug-likeness (QED) is 0.574. The highest BCUT2D eigenvalue weighted by atomic mass is 16.5. The SMILES string of the molecule is COc1cccc(C(=O)Nc2ccc(C=Cc3ccccc3)cc2CC(=O)O)c1. The fourth-order valence-electron chi connectivity index (χ4n) is 2.86. The summed E-state index contributed by atoms with van der Waals surface area (Å²) in [5, 5.41) is 12.1. The molecule has 3 aromatic rings. The van der Waals surface area contributed by atoms with Crippen LogP contribution in [0.1, 0.15) is 27.0 Å². The van der Waals surface area contributed by atoms with Gasteiger partial charge in [-0.1, -0.05) is 54.6 Å². The van der Waals surface area contributed by atoms with Gasteiger partial charge in [0.25, 0.3) is 5.91 Å². The van der Waals surface area contributed by atoms with E-state index in [-0.39, 0.29) is 12.3 Å². The van der Waals surface area contributed by atoms with Crippen LogP contribution in [-0.2, 0) is 11.2 Å². The average molecular weight is 387 g/mol. The first kappa shape index (κ1) is 19.9. The normalized spacial score (nSPS) is 10.7. The number of carboxylic acid groups (broad SMARTS) is 1. The summed E-state index contributed by atoms with van der Waals surface area (Å²) in [6.07, 6.45) is 3.67. The van der Waals surface area contributed by atoms with E-state index in [0.29, 0.717) is 22.6 Å². The zero-order chi connectivity index (χ0) is 20.6. The number of anilines is 1. The molecule has 1 amide bonds. The molecule has 0 aliphatic heterocycles. The van der Waals surface area contributed by atoms with Gasteiger partial charge in [0.2, 0.25) is 0 Å². The minimum atomic E-state index is -0.967. The Balaban J connectivity index is 1.84. The Morgan fingerprint density at radius 2 is 1.69 bits per heavy atom. The van der Waals surface area contributed by atoms with E-state index in [2.05, 4.69) is 5.32 Å². The van der Waals surface area contributed by atoms with Gasteiger partial charge in [0.05, 0.1) is 13.5 Å². The van der Waals surface area contributed by atoms with Gasteiger partial charge in [-0.2, -0.15) is 0 Å². The molecular weight excluding hydrogens is 366 g/mol. The van der Waals surface area contributed by atoms with Crippen LogP contribution in [0, 0.1) is 0 Å². The summed E-state index contributed by atoms with van der Waals surface area (Å²) in [4.78, 5) is 23.9. The van der Waals surface area contributed by atoms with Crippen LogP contribution in [-0.4, -0.2) is 24.1 Å². The number of aliphatic carboxylic acids is 1. The van der Waals surface area contributed by atoms with Gasteiger partial charge in [-0.15, -0.1) is 0 Å². The van der Waals surface area contributed by atoms with Gasteiger partial charge in [-0.05, 0) is 47.0 Å². The number of ether oxygens (including phenoxy) is 1. The molecule has 3 rings (SSSR count). The Morgan fingerprint density at radius 1 is 0.931 bits per heavy atom. The largest absolute Gasteiger partial charge is 0.497 e. The summed E-state index contributed by atoms with van der Waals surface area (Å²) in [6, 6.07) is 21.9. The Morgan fingerprint density at radius 3 is 2.41 bits per heavy atom. The molecule has 146 valence electrons. The summed E-state index contributed by atoms with van der Waals surface area (Å²) in [5.41, 5.74) is 3.33. The fraction of sp³-hybridized carbons (Fsp3) is 0.0833. The highest BCUT2D eigenvalue weighted by Gasteiger charge is 2.12. The molecule has 0 atom stereocenters. The number of carbonyl (C=O) groups excluding carboxylic acids is 1. The molecule has 2 N–H and O–H groups in total. The molecule has 3 aromatic carbocycles. The van der Waals surface area contributed by atoms with Gasteiger partial charge in [-0.3, -0.25) is 9.59 Å². The molecule has 0 unspecified atom stereocenters. The third-order valence-electron chi connectivity index (χ3n) is 4.32. The van der Waals surface area contributed by atoms with E-state index in [9.17, 15) is 14.7 Å². The molecule has 0 spiro atoms. The van der Waals surface area contributed by atoms with E-state index in [1.165, 1.54) is 7.11 Å². The monoisotopic (exact) mass is 387 g/mol. The predicted octanol–water partition coefficient (Wildman–Crippen LogP) is 4.75. The van der Waals surface area contributed by atoms with Crippen LogP contribution < -0.4 is 10.1 Å². The van der Waals surface area contributed by atoms with Crippen LogP contribution in [0.4, 0.5) is 5.69 Å². The lowest BCUT2D eigenvalue weighted by atomic mass is 10.0. The Kier molecular flexibility index (Phi) is 6.43. The first-order valence-electron chi connectivity index (χ1n) is 9.08. The van der Waals surface area contributed by atoms with Crippen LogP contribution in [0.5, 0.6) is 5.75 Å². The maximum Gasteiger partial charge on any atom is 0.307 e. The number of rotatable bonds is 7. The molecule has 5 nitrogen and oxygen atoms in total. The number of hydrogen-bond donors (Lipinski definition) is 2. The first-order chi connectivity index (χ1) is 14.0. The number of methoxy groups -OCH3 is 1. The smallest absolute Gasteiger partial charge is 0.307 e. The minimum absolute atomic E-state index is 0.194. The maximum absolute atomic E-state index is 12.6. The summed E-state index contributed by atoms with van der Waals surface area (Å²) in [7, 11) is 1.53. The van der Waals surface area contributed by atoms with E-state index in [4.69, 9.17) is 4.74 Å². The van der Waals surface area contributed by atoms with Crippen LogP contribution in [0.2, 0.25) is 0 Å². The van der Waals surface area contributed by atoms with Crippen molar-refractivity contribution in [2.24, 2.45) is 0 Å². The van der Waals surface area contributed by atoms with Crippen LogP contribution in [0.15, 0.2) is 72.8 Å². The third kappa shape index (κ3) is 5.56. The molecule has 5 heteroatoms. The van der Waals surface area contributed by atoms with Crippen molar-refractivity contribution >= 4 is 29.7 Å². The predicted molar refractivity (Wildman–Crippen MR) is 114 cm³/mol.